The summed E-state index contributed by atoms with van der Waals surface area (Å²) in [5, 5.41) is 6.49. The monoisotopic (exact) mass is 439 g/mol. The lowest BCUT2D eigenvalue weighted by molar-refractivity contribution is -0.121. The van der Waals surface area contributed by atoms with Crippen LogP contribution in [0.3, 0.4) is 0 Å². The Hall–Kier alpha value is -2.47. The summed E-state index contributed by atoms with van der Waals surface area (Å²) in [5.74, 6) is -0.0654. The molecule has 1 amide bonds. The van der Waals surface area contributed by atoms with Crippen molar-refractivity contribution in [3.05, 3.63) is 99.5 Å². The second kappa shape index (κ2) is 7.10. The van der Waals surface area contributed by atoms with Crippen molar-refractivity contribution in [2.24, 2.45) is 5.10 Å². The number of rotatable bonds is 3. The molecule has 0 fully saturated rings. The number of para-hydroxylation sites is 1. The van der Waals surface area contributed by atoms with E-state index < -0.39 is 4.87 Å². The molecule has 7 heteroatoms. The van der Waals surface area contributed by atoms with Gasteiger partial charge in [0.2, 0.25) is 4.87 Å². The van der Waals surface area contributed by atoms with Crippen LogP contribution in [0.4, 0.5) is 5.69 Å². The van der Waals surface area contributed by atoms with Crippen molar-refractivity contribution in [1.82, 2.24) is 5.43 Å². The summed E-state index contributed by atoms with van der Waals surface area (Å²) in [6.07, 6.45) is 0. The zero-order valence-electron chi connectivity index (χ0n) is 15.1. The van der Waals surface area contributed by atoms with E-state index in [9.17, 15) is 4.79 Å². The highest BCUT2D eigenvalue weighted by Gasteiger charge is 2.55. The highest BCUT2D eigenvalue weighted by atomic mass is 35.5. The van der Waals surface area contributed by atoms with E-state index in [4.69, 9.17) is 23.2 Å². The van der Waals surface area contributed by atoms with Gasteiger partial charge in [0.05, 0.1) is 12.2 Å². The third-order valence-corrected chi connectivity index (χ3v) is 6.96. The lowest BCUT2D eigenvalue weighted by Crippen LogP contribution is -2.44. The van der Waals surface area contributed by atoms with Crippen LogP contribution in [0.15, 0.2) is 77.9 Å². The summed E-state index contributed by atoms with van der Waals surface area (Å²) in [5.41, 5.74) is 6.65. The van der Waals surface area contributed by atoms with Crippen molar-refractivity contribution in [3.63, 3.8) is 0 Å². The lowest BCUT2D eigenvalue weighted by atomic mass is 10.1. The molecule has 4 nitrogen and oxygen atoms in total. The number of amides is 1. The van der Waals surface area contributed by atoms with Gasteiger partial charge in [0.1, 0.15) is 5.04 Å². The normalized spacial score (nSPS) is 20.0. The number of carbonyl (C=O) groups excluding carboxylic acids is 1. The molecule has 0 bridgehead atoms. The summed E-state index contributed by atoms with van der Waals surface area (Å²) in [4.78, 5) is 14.4. The average Bonchev–Trinajstić information content (AvgIpc) is 3.27. The van der Waals surface area contributed by atoms with E-state index in [1.807, 2.05) is 72.8 Å². The van der Waals surface area contributed by atoms with Gasteiger partial charge in [-0.15, -0.1) is 0 Å². The molecule has 2 aliphatic rings. The van der Waals surface area contributed by atoms with E-state index in [2.05, 4.69) is 10.5 Å². The van der Waals surface area contributed by atoms with Gasteiger partial charge in [0, 0.05) is 21.2 Å². The molecule has 144 valence electrons. The van der Waals surface area contributed by atoms with Crippen molar-refractivity contribution >= 4 is 51.6 Å². The van der Waals surface area contributed by atoms with Crippen LogP contribution in [0, 0.1) is 0 Å². The molecule has 3 aromatic rings. The van der Waals surface area contributed by atoms with E-state index >= 15 is 0 Å². The summed E-state index contributed by atoms with van der Waals surface area (Å²) in [7, 11) is 0. The minimum atomic E-state index is -0.991. The van der Waals surface area contributed by atoms with Gasteiger partial charge in [-0.05, 0) is 29.8 Å². The highest BCUT2D eigenvalue weighted by Crippen LogP contribution is 2.51. The van der Waals surface area contributed by atoms with Gasteiger partial charge in [-0.25, -0.2) is 0 Å². The van der Waals surface area contributed by atoms with Crippen molar-refractivity contribution in [2.45, 2.75) is 11.4 Å². The minimum absolute atomic E-state index is 0.0654. The maximum atomic E-state index is 13.6. The lowest BCUT2D eigenvalue weighted by Gasteiger charge is -2.23. The number of carbonyl (C=O) groups is 1. The van der Waals surface area contributed by atoms with E-state index in [1.54, 1.807) is 4.90 Å². The van der Waals surface area contributed by atoms with Crippen molar-refractivity contribution in [2.75, 3.05) is 4.90 Å². The Morgan fingerprint density at radius 3 is 2.62 bits per heavy atom. The van der Waals surface area contributed by atoms with Gasteiger partial charge < -0.3 is 4.90 Å². The predicted octanol–water partition coefficient (Wildman–Crippen LogP) is 5.39. The molecule has 3 aromatic carbocycles. The summed E-state index contributed by atoms with van der Waals surface area (Å²) >= 11 is 13.9. The van der Waals surface area contributed by atoms with Gasteiger partial charge in [0.15, 0.2) is 0 Å². The fourth-order valence-electron chi connectivity index (χ4n) is 3.65. The Morgan fingerprint density at radius 1 is 1.00 bits per heavy atom. The van der Waals surface area contributed by atoms with E-state index in [0.29, 0.717) is 16.6 Å². The molecule has 0 aromatic heterocycles. The summed E-state index contributed by atoms with van der Waals surface area (Å²) in [6.45, 7) is 0.395. The fraction of sp³-hybridized carbons (Fsp3) is 0.0909. The van der Waals surface area contributed by atoms with Crippen molar-refractivity contribution in [1.29, 1.82) is 0 Å². The molecule has 2 aliphatic heterocycles. The molecule has 1 unspecified atom stereocenters. The molecule has 1 atom stereocenters. The number of nitrogens with one attached hydrogen (secondary N) is 1. The fourth-order valence-corrected chi connectivity index (χ4v) is 5.23. The quantitative estimate of drug-likeness (QED) is 0.594. The first-order valence-electron chi connectivity index (χ1n) is 9.03. The number of hydrogen-bond acceptors (Lipinski definition) is 4. The molecule has 0 aliphatic carbocycles. The summed E-state index contributed by atoms with van der Waals surface area (Å²) < 4.78 is 0. The summed E-state index contributed by atoms with van der Waals surface area (Å²) in [6, 6.07) is 22.8. The first kappa shape index (κ1) is 18.6. The SMILES string of the molecule is O=C1N(Cc2ccccc2Cl)c2ccccc2C12NN=C(c1cccc(Cl)c1)S2. The molecule has 0 saturated heterocycles. The Kier molecular flexibility index (Phi) is 4.54. The van der Waals surface area contributed by atoms with E-state index in [-0.39, 0.29) is 5.91 Å². The zero-order chi connectivity index (χ0) is 20.0. The Morgan fingerprint density at radius 2 is 1.79 bits per heavy atom. The maximum Gasteiger partial charge on any atom is 0.270 e. The number of hydrazone groups is 1. The van der Waals surface area contributed by atoms with Gasteiger partial charge in [-0.2, -0.15) is 5.10 Å². The highest BCUT2D eigenvalue weighted by molar-refractivity contribution is 8.16. The predicted molar refractivity (Wildman–Crippen MR) is 119 cm³/mol. The van der Waals surface area contributed by atoms with Crippen LogP contribution < -0.4 is 10.3 Å². The number of hydrogen-bond donors (Lipinski definition) is 1. The Labute approximate surface area is 182 Å². The average molecular weight is 440 g/mol. The molecular formula is C22H15Cl2N3OS. The zero-order valence-corrected chi connectivity index (χ0v) is 17.4. The second-order valence-corrected chi connectivity index (χ2v) is 8.87. The molecule has 29 heavy (non-hydrogen) atoms. The molecule has 1 N–H and O–H groups in total. The van der Waals surface area contributed by atoms with Crippen molar-refractivity contribution in [3.8, 4) is 0 Å². The van der Waals surface area contributed by atoms with Crippen LogP contribution in [-0.2, 0) is 16.2 Å². The van der Waals surface area contributed by atoms with Gasteiger partial charge in [-0.3, -0.25) is 10.2 Å². The molecule has 0 saturated carbocycles. The van der Waals surface area contributed by atoms with Gasteiger partial charge in [0.25, 0.3) is 5.91 Å². The number of anilines is 1. The molecule has 0 radical (unpaired) electrons. The molecule has 5 rings (SSSR count). The van der Waals surface area contributed by atoms with Crippen LogP contribution in [-0.4, -0.2) is 11.0 Å². The van der Waals surface area contributed by atoms with Crippen molar-refractivity contribution < 1.29 is 4.79 Å². The number of nitrogens with zero attached hydrogens (tertiary/aromatic N) is 2. The number of benzene rings is 3. The minimum Gasteiger partial charge on any atom is -0.304 e. The number of halogens is 2. The number of thioether (sulfide) groups is 1. The smallest absolute Gasteiger partial charge is 0.270 e. The molecular weight excluding hydrogens is 425 g/mol. The molecule has 1 spiro atoms. The first-order valence-corrected chi connectivity index (χ1v) is 10.6. The topological polar surface area (TPSA) is 44.7 Å². The third kappa shape index (κ3) is 3.01. The number of fused-ring (bicyclic) bond motifs is 2. The molecule has 2 heterocycles. The standard InChI is InChI=1S/C22H15Cl2N3OS/c23-16-8-5-7-14(12-16)20-25-26-22(29-20)17-9-2-4-11-19(17)27(21(22)28)13-15-6-1-3-10-18(15)24/h1-12,26H,13H2. The Bertz CT molecular complexity index is 1170. The van der Waals surface area contributed by atoms with Crippen LogP contribution in [0.25, 0.3) is 0 Å². The van der Waals surface area contributed by atoms with Crippen LogP contribution in [0.1, 0.15) is 16.7 Å². The van der Waals surface area contributed by atoms with Crippen LogP contribution >= 0.6 is 35.0 Å². The third-order valence-electron chi connectivity index (χ3n) is 5.04. The van der Waals surface area contributed by atoms with Crippen LogP contribution in [0.5, 0.6) is 0 Å². The van der Waals surface area contributed by atoms with Gasteiger partial charge in [-0.1, -0.05) is 83.5 Å². The van der Waals surface area contributed by atoms with Gasteiger partial charge >= 0.3 is 0 Å². The maximum absolute atomic E-state index is 13.6. The van der Waals surface area contributed by atoms with E-state index in [1.165, 1.54) is 11.8 Å². The second-order valence-electron chi connectivity index (χ2n) is 6.82. The van der Waals surface area contributed by atoms with E-state index in [0.717, 1.165) is 27.4 Å². The largest absolute Gasteiger partial charge is 0.304 e. The first-order chi connectivity index (χ1) is 14.1. The van der Waals surface area contributed by atoms with Crippen LogP contribution in [0.2, 0.25) is 10.0 Å². The Balaban J connectivity index is 1.52.